The van der Waals surface area contributed by atoms with E-state index in [4.69, 9.17) is 9.26 Å². The standard InChI is InChI=1S/C18H28N2O3/c1-12(2)22-11-16(13-6-4-3-5-7-13)19-18(21)15-10-17(23-20-15)14-8-9-14/h10,12-14,16H,3-9,11H2,1-2H3,(H,19,21). The molecule has 1 aromatic heterocycles. The van der Waals surface area contributed by atoms with Gasteiger partial charge in [-0.3, -0.25) is 4.79 Å². The molecule has 23 heavy (non-hydrogen) atoms. The van der Waals surface area contributed by atoms with Gasteiger partial charge in [-0.05, 0) is 45.4 Å². The molecule has 3 rings (SSSR count). The largest absolute Gasteiger partial charge is 0.377 e. The van der Waals surface area contributed by atoms with Gasteiger partial charge in [-0.1, -0.05) is 24.4 Å². The first-order chi connectivity index (χ1) is 11.1. The number of amides is 1. The molecule has 128 valence electrons. The Labute approximate surface area is 138 Å². The number of ether oxygens (including phenoxy) is 1. The minimum absolute atomic E-state index is 0.0614. The van der Waals surface area contributed by atoms with E-state index in [-0.39, 0.29) is 18.1 Å². The normalized spacial score (nSPS) is 20.7. The molecule has 2 saturated carbocycles. The van der Waals surface area contributed by atoms with Crippen LogP contribution in [0, 0.1) is 5.92 Å². The van der Waals surface area contributed by atoms with Crippen molar-refractivity contribution in [2.45, 2.75) is 76.9 Å². The van der Waals surface area contributed by atoms with Crippen molar-refractivity contribution in [3.05, 3.63) is 17.5 Å². The first-order valence-corrected chi connectivity index (χ1v) is 9.02. The second-order valence-electron chi connectivity index (χ2n) is 7.25. The summed E-state index contributed by atoms with van der Waals surface area (Å²) >= 11 is 0. The molecule has 5 heteroatoms. The van der Waals surface area contributed by atoms with E-state index in [1.807, 2.05) is 13.8 Å². The zero-order valence-electron chi connectivity index (χ0n) is 14.2. The summed E-state index contributed by atoms with van der Waals surface area (Å²) in [6, 6.07) is 1.86. The number of hydrogen-bond acceptors (Lipinski definition) is 4. The summed E-state index contributed by atoms with van der Waals surface area (Å²) in [7, 11) is 0. The molecule has 1 unspecified atom stereocenters. The maximum Gasteiger partial charge on any atom is 0.273 e. The summed E-state index contributed by atoms with van der Waals surface area (Å²) < 4.78 is 11.1. The number of hydrogen-bond donors (Lipinski definition) is 1. The number of carbonyl (C=O) groups excluding carboxylic acids is 1. The maximum absolute atomic E-state index is 12.5. The van der Waals surface area contributed by atoms with Crippen LogP contribution in [0.2, 0.25) is 0 Å². The van der Waals surface area contributed by atoms with Gasteiger partial charge in [0.25, 0.3) is 5.91 Å². The molecule has 0 bridgehead atoms. The second kappa shape index (κ2) is 7.47. The van der Waals surface area contributed by atoms with Crippen molar-refractivity contribution < 1.29 is 14.1 Å². The lowest BCUT2D eigenvalue weighted by atomic mass is 9.84. The fraction of sp³-hybridized carbons (Fsp3) is 0.778. The van der Waals surface area contributed by atoms with E-state index in [1.165, 1.54) is 32.1 Å². The van der Waals surface area contributed by atoms with E-state index in [9.17, 15) is 4.79 Å². The highest BCUT2D eigenvalue weighted by atomic mass is 16.5. The molecule has 2 aliphatic carbocycles. The number of carbonyl (C=O) groups is 1. The fourth-order valence-electron chi connectivity index (χ4n) is 3.33. The zero-order valence-corrected chi connectivity index (χ0v) is 14.2. The molecular weight excluding hydrogens is 292 g/mol. The summed E-state index contributed by atoms with van der Waals surface area (Å²) in [4.78, 5) is 12.5. The van der Waals surface area contributed by atoms with Crippen LogP contribution in [0.25, 0.3) is 0 Å². The molecule has 2 aliphatic rings. The van der Waals surface area contributed by atoms with Crippen molar-refractivity contribution in [2.75, 3.05) is 6.61 Å². The van der Waals surface area contributed by atoms with Gasteiger partial charge in [0.05, 0.1) is 18.8 Å². The van der Waals surface area contributed by atoms with Crippen LogP contribution in [0.15, 0.2) is 10.6 Å². The zero-order chi connectivity index (χ0) is 16.2. The predicted octanol–water partition coefficient (Wildman–Crippen LogP) is 3.66. The summed E-state index contributed by atoms with van der Waals surface area (Å²) in [5.74, 6) is 1.69. The van der Waals surface area contributed by atoms with Crippen molar-refractivity contribution >= 4 is 5.91 Å². The lowest BCUT2D eigenvalue weighted by Gasteiger charge is -2.31. The van der Waals surface area contributed by atoms with Crippen LogP contribution in [0.1, 0.15) is 81.0 Å². The van der Waals surface area contributed by atoms with Crippen LogP contribution in [-0.4, -0.2) is 29.8 Å². The first kappa shape index (κ1) is 16.5. The Morgan fingerprint density at radius 2 is 2.04 bits per heavy atom. The van der Waals surface area contributed by atoms with Gasteiger partial charge in [-0.25, -0.2) is 0 Å². The highest BCUT2D eigenvalue weighted by Gasteiger charge is 2.30. The third-order valence-electron chi connectivity index (χ3n) is 4.89. The molecule has 5 nitrogen and oxygen atoms in total. The van der Waals surface area contributed by atoms with Gasteiger partial charge in [0.15, 0.2) is 5.69 Å². The monoisotopic (exact) mass is 320 g/mol. The average molecular weight is 320 g/mol. The van der Waals surface area contributed by atoms with Crippen molar-refractivity contribution in [1.29, 1.82) is 0 Å². The van der Waals surface area contributed by atoms with Gasteiger partial charge in [-0.2, -0.15) is 0 Å². The third-order valence-corrected chi connectivity index (χ3v) is 4.89. The minimum Gasteiger partial charge on any atom is -0.377 e. The summed E-state index contributed by atoms with van der Waals surface area (Å²) in [5.41, 5.74) is 0.400. The number of nitrogens with zero attached hydrogens (tertiary/aromatic N) is 1. The molecule has 2 fully saturated rings. The van der Waals surface area contributed by atoms with Crippen molar-refractivity contribution in [1.82, 2.24) is 10.5 Å². The molecule has 0 saturated heterocycles. The Morgan fingerprint density at radius 3 is 2.70 bits per heavy atom. The predicted molar refractivity (Wildman–Crippen MR) is 87.4 cm³/mol. The summed E-state index contributed by atoms with van der Waals surface area (Å²) in [6.07, 6.45) is 8.58. The molecule has 1 heterocycles. The van der Waals surface area contributed by atoms with Crippen LogP contribution in [0.4, 0.5) is 0 Å². The SMILES string of the molecule is CC(C)OCC(NC(=O)c1cc(C2CC2)on1)C1CCCCC1. The molecule has 1 atom stereocenters. The molecule has 0 aliphatic heterocycles. The lowest BCUT2D eigenvalue weighted by Crippen LogP contribution is -2.44. The van der Waals surface area contributed by atoms with Gasteiger partial charge < -0.3 is 14.6 Å². The summed E-state index contributed by atoms with van der Waals surface area (Å²) in [6.45, 7) is 4.63. The molecule has 1 aromatic rings. The Morgan fingerprint density at radius 1 is 1.30 bits per heavy atom. The van der Waals surface area contributed by atoms with E-state index >= 15 is 0 Å². The first-order valence-electron chi connectivity index (χ1n) is 9.02. The number of rotatable bonds is 7. The van der Waals surface area contributed by atoms with Crippen molar-refractivity contribution in [2.24, 2.45) is 5.92 Å². The van der Waals surface area contributed by atoms with Crippen molar-refractivity contribution in [3.8, 4) is 0 Å². The van der Waals surface area contributed by atoms with Gasteiger partial charge in [0.1, 0.15) is 5.76 Å². The molecule has 0 radical (unpaired) electrons. The van der Waals surface area contributed by atoms with Crippen LogP contribution >= 0.6 is 0 Å². The van der Waals surface area contributed by atoms with E-state index in [0.29, 0.717) is 24.1 Å². The number of nitrogens with one attached hydrogen (secondary N) is 1. The second-order valence-corrected chi connectivity index (χ2v) is 7.25. The molecule has 0 spiro atoms. The van der Waals surface area contributed by atoms with Gasteiger partial charge >= 0.3 is 0 Å². The van der Waals surface area contributed by atoms with Crippen molar-refractivity contribution in [3.63, 3.8) is 0 Å². The fourth-order valence-corrected chi connectivity index (χ4v) is 3.33. The maximum atomic E-state index is 12.5. The highest BCUT2D eigenvalue weighted by molar-refractivity contribution is 5.92. The highest BCUT2D eigenvalue weighted by Crippen LogP contribution is 2.40. The molecule has 0 aromatic carbocycles. The van der Waals surface area contributed by atoms with Crippen LogP contribution in [0.5, 0.6) is 0 Å². The number of aromatic nitrogens is 1. The van der Waals surface area contributed by atoms with E-state index in [2.05, 4.69) is 10.5 Å². The van der Waals surface area contributed by atoms with Gasteiger partial charge in [0, 0.05) is 12.0 Å². The Kier molecular flexibility index (Phi) is 5.36. The summed E-state index contributed by atoms with van der Waals surface area (Å²) in [5, 5.41) is 7.09. The molecule has 1 amide bonds. The Balaban J connectivity index is 1.61. The third kappa shape index (κ3) is 4.56. The molecule has 1 N–H and O–H groups in total. The van der Waals surface area contributed by atoms with Gasteiger partial charge in [-0.15, -0.1) is 0 Å². The topological polar surface area (TPSA) is 64.4 Å². The lowest BCUT2D eigenvalue weighted by molar-refractivity contribution is 0.0402. The molecular formula is C18H28N2O3. The van der Waals surface area contributed by atoms with E-state index < -0.39 is 0 Å². The minimum atomic E-state index is -0.136. The van der Waals surface area contributed by atoms with Crippen LogP contribution < -0.4 is 5.32 Å². The Bertz CT molecular complexity index is 516. The van der Waals surface area contributed by atoms with Gasteiger partial charge in [0.2, 0.25) is 0 Å². The smallest absolute Gasteiger partial charge is 0.273 e. The average Bonchev–Trinajstić information content (AvgIpc) is 3.29. The van der Waals surface area contributed by atoms with Crippen LogP contribution in [0.3, 0.4) is 0 Å². The van der Waals surface area contributed by atoms with E-state index in [1.54, 1.807) is 6.07 Å². The van der Waals surface area contributed by atoms with E-state index in [0.717, 1.165) is 18.6 Å². The quantitative estimate of drug-likeness (QED) is 0.833. The Hall–Kier alpha value is -1.36. The van der Waals surface area contributed by atoms with Crippen LogP contribution in [-0.2, 0) is 4.74 Å².